The van der Waals surface area contributed by atoms with E-state index in [-0.39, 0.29) is 5.56 Å². The number of aromatic nitrogens is 2. The molecule has 0 aliphatic heterocycles. The Bertz CT molecular complexity index is 844. The van der Waals surface area contributed by atoms with E-state index in [4.69, 9.17) is 4.74 Å². The lowest BCUT2D eigenvalue weighted by molar-refractivity contribution is 0.294. The molecule has 0 amide bonds. The van der Waals surface area contributed by atoms with Gasteiger partial charge in [-0.1, -0.05) is 30.3 Å². The van der Waals surface area contributed by atoms with Crippen LogP contribution in [0.4, 0.5) is 0 Å². The first-order valence-corrected chi connectivity index (χ1v) is 7.29. The van der Waals surface area contributed by atoms with Gasteiger partial charge in [0, 0.05) is 6.20 Å². The molecule has 3 rings (SSSR count). The van der Waals surface area contributed by atoms with Crippen LogP contribution in [0.5, 0.6) is 5.88 Å². The maximum atomic E-state index is 12.1. The summed E-state index contributed by atoms with van der Waals surface area (Å²) in [5.74, 6) is 0.327. The fourth-order valence-electron chi connectivity index (χ4n) is 2.07. The molecule has 0 N–H and O–H groups in total. The van der Waals surface area contributed by atoms with Crippen molar-refractivity contribution in [2.45, 2.75) is 13.5 Å². The van der Waals surface area contributed by atoms with E-state index in [9.17, 15) is 4.79 Å². The van der Waals surface area contributed by atoms with Gasteiger partial charge >= 0.3 is 0 Å². The molecule has 21 heavy (non-hydrogen) atoms. The summed E-state index contributed by atoms with van der Waals surface area (Å²) < 4.78 is 7.90. The fourth-order valence-corrected chi connectivity index (χ4v) is 2.71. The van der Waals surface area contributed by atoms with Crippen LogP contribution in [-0.4, -0.2) is 9.38 Å². The third-order valence-corrected chi connectivity index (χ3v) is 3.64. The van der Waals surface area contributed by atoms with Gasteiger partial charge in [0.2, 0.25) is 5.88 Å². The molecular formula is C16H13BrN2O2. The van der Waals surface area contributed by atoms with E-state index in [0.717, 1.165) is 15.6 Å². The topological polar surface area (TPSA) is 43.6 Å². The number of halogens is 1. The van der Waals surface area contributed by atoms with Crippen molar-refractivity contribution < 1.29 is 4.74 Å². The van der Waals surface area contributed by atoms with Crippen molar-refractivity contribution in [3.05, 3.63) is 74.6 Å². The molecule has 5 heteroatoms. The van der Waals surface area contributed by atoms with Crippen molar-refractivity contribution in [2.75, 3.05) is 0 Å². The number of pyridine rings is 1. The van der Waals surface area contributed by atoms with Gasteiger partial charge in [0.1, 0.15) is 6.61 Å². The second kappa shape index (κ2) is 5.69. The van der Waals surface area contributed by atoms with Gasteiger partial charge in [-0.05, 0) is 40.0 Å². The number of aryl methyl sites for hydroxylation is 1. The molecule has 0 fully saturated rings. The zero-order valence-electron chi connectivity index (χ0n) is 11.4. The first-order chi connectivity index (χ1) is 10.1. The van der Waals surface area contributed by atoms with E-state index in [1.54, 1.807) is 6.20 Å². The SMILES string of the molecule is Cc1cc(Br)c2nc(OCc3ccccc3)cc(=O)n2c1. The number of rotatable bonds is 3. The van der Waals surface area contributed by atoms with Crippen molar-refractivity contribution in [1.82, 2.24) is 9.38 Å². The molecule has 0 saturated carbocycles. The zero-order chi connectivity index (χ0) is 14.8. The molecule has 0 unspecified atom stereocenters. The van der Waals surface area contributed by atoms with Crippen molar-refractivity contribution in [2.24, 2.45) is 0 Å². The lowest BCUT2D eigenvalue weighted by Crippen LogP contribution is -2.15. The minimum absolute atomic E-state index is 0.160. The number of hydrogen-bond donors (Lipinski definition) is 0. The third kappa shape index (κ3) is 2.97. The van der Waals surface area contributed by atoms with Gasteiger partial charge in [-0.2, -0.15) is 4.98 Å². The molecule has 0 aliphatic rings. The zero-order valence-corrected chi connectivity index (χ0v) is 13.0. The molecule has 0 aliphatic carbocycles. The van der Waals surface area contributed by atoms with Crippen molar-refractivity contribution in [3.8, 4) is 5.88 Å². The maximum Gasteiger partial charge on any atom is 0.261 e. The van der Waals surface area contributed by atoms with Crippen LogP contribution in [0, 0.1) is 6.92 Å². The molecule has 1 aromatic carbocycles. The van der Waals surface area contributed by atoms with Gasteiger partial charge in [0.05, 0.1) is 10.5 Å². The molecule has 0 atom stereocenters. The summed E-state index contributed by atoms with van der Waals surface area (Å²) in [5.41, 5.74) is 2.40. The van der Waals surface area contributed by atoms with Crippen molar-refractivity contribution >= 4 is 21.6 Å². The molecule has 0 saturated heterocycles. The fraction of sp³-hybridized carbons (Fsp3) is 0.125. The van der Waals surface area contributed by atoms with E-state index in [1.165, 1.54) is 10.5 Å². The largest absolute Gasteiger partial charge is 0.473 e. The summed E-state index contributed by atoms with van der Waals surface area (Å²) in [4.78, 5) is 16.5. The number of fused-ring (bicyclic) bond motifs is 1. The van der Waals surface area contributed by atoms with E-state index < -0.39 is 0 Å². The Morgan fingerprint density at radius 1 is 1.24 bits per heavy atom. The van der Waals surface area contributed by atoms with Crippen LogP contribution >= 0.6 is 15.9 Å². The molecule has 2 aromatic heterocycles. The Hall–Kier alpha value is -2.14. The maximum absolute atomic E-state index is 12.1. The Kier molecular flexibility index (Phi) is 3.75. The normalized spacial score (nSPS) is 10.8. The van der Waals surface area contributed by atoms with Gasteiger partial charge < -0.3 is 4.74 Å². The van der Waals surface area contributed by atoms with Crippen LogP contribution in [0.1, 0.15) is 11.1 Å². The smallest absolute Gasteiger partial charge is 0.261 e. The molecule has 4 nitrogen and oxygen atoms in total. The Balaban J connectivity index is 1.95. The summed E-state index contributed by atoms with van der Waals surface area (Å²) in [6.45, 7) is 2.31. The predicted molar refractivity (Wildman–Crippen MR) is 84.7 cm³/mol. The monoisotopic (exact) mass is 344 g/mol. The van der Waals surface area contributed by atoms with E-state index in [1.807, 2.05) is 43.3 Å². The van der Waals surface area contributed by atoms with Crippen LogP contribution in [0.25, 0.3) is 5.65 Å². The summed E-state index contributed by atoms with van der Waals surface area (Å²) in [6.07, 6.45) is 1.76. The molecule has 2 heterocycles. The third-order valence-electron chi connectivity index (χ3n) is 3.06. The molecule has 106 valence electrons. The second-order valence-electron chi connectivity index (χ2n) is 4.77. The predicted octanol–water partition coefficient (Wildman–Crippen LogP) is 3.34. The highest BCUT2D eigenvalue weighted by molar-refractivity contribution is 9.10. The average Bonchev–Trinajstić information content (AvgIpc) is 2.47. The first-order valence-electron chi connectivity index (χ1n) is 6.50. The number of ether oxygens (including phenoxy) is 1. The lowest BCUT2D eigenvalue weighted by atomic mass is 10.2. The highest BCUT2D eigenvalue weighted by atomic mass is 79.9. The van der Waals surface area contributed by atoms with E-state index in [0.29, 0.717) is 18.1 Å². The number of hydrogen-bond acceptors (Lipinski definition) is 3. The van der Waals surface area contributed by atoms with Crippen LogP contribution in [0.2, 0.25) is 0 Å². The summed E-state index contributed by atoms with van der Waals surface area (Å²) in [7, 11) is 0. The molecule has 3 aromatic rings. The molecular weight excluding hydrogens is 332 g/mol. The minimum Gasteiger partial charge on any atom is -0.473 e. The van der Waals surface area contributed by atoms with Crippen LogP contribution in [0.15, 0.2) is 57.9 Å². The molecule has 0 bridgehead atoms. The van der Waals surface area contributed by atoms with Gasteiger partial charge in [0.15, 0.2) is 5.65 Å². The first kappa shape index (κ1) is 13.8. The second-order valence-corrected chi connectivity index (χ2v) is 5.62. The highest BCUT2D eigenvalue weighted by Gasteiger charge is 2.07. The Labute approximate surface area is 130 Å². The standard InChI is InChI=1S/C16H13BrN2O2/c1-11-7-13(17)16-18-14(8-15(20)19(16)9-11)21-10-12-5-3-2-4-6-12/h2-9H,10H2,1H3. The quantitative estimate of drug-likeness (QED) is 0.731. The average molecular weight is 345 g/mol. The molecule has 0 radical (unpaired) electrons. The summed E-state index contributed by atoms with van der Waals surface area (Å²) >= 11 is 3.43. The lowest BCUT2D eigenvalue weighted by Gasteiger charge is -2.08. The van der Waals surface area contributed by atoms with E-state index in [2.05, 4.69) is 20.9 Å². The van der Waals surface area contributed by atoms with Gasteiger partial charge in [-0.3, -0.25) is 9.20 Å². The summed E-state index contributed by atoms with van der Waals surface area (Å²) in [5, 5.41) is 0. The van der Waals surface area contributed by atoms with Gasteiger partial charge in [0.25, 0.3) is 5.56 Å². The Morgan fingerprint density at radius 2 is 2.00 bits per heavy atom. The van der Waals surface area contributed by atoms with Crippen LogP contribution in [-0.2, 0) is 6.61 Å². The van der Waals surface area contributed by atoms with E-state index >= 15 is 0 Å². The van der Waals surface area contributed by atoms with Crippen LogP contribution < -0.4 is 10.3 Å². The van der Waals surface area contributed by atoms with Crippen LogP contribution in [0.3, 0.4) is 0 Å². The highest BCUT2D eigenvalue weighted by Crippen LogP contribution is 2.19. The van der Waals surface area contributed by atoms with Crippen molar-refractivity contribution in [3.63, 3.8) is 0 Å². The summed E-state index contributed by atoms with van der Waals surface area (Å²) in [6, 6.07) is 13.1. The van der Waals surface area contributed by atoms with Gasteiger partial charge in [-0.15, -0.1) is 0 Å². The minimum atomic E-state index is -0.160. The number of nitrogens with zero attached hydrogens (tertiary/aromatic N) is 2. The van der Waals surface area contributed by atoms with Crippen molar-refractivity contribution in [1.29, 1.82) is 0 Å². The molecule has 0 spiro atoms. The Morgan fingerprint density at radius 3 is 2.76 bits per heavy atom. The van der Waals surface area contributed by atoms with Gasteiger partial charge in [-0.25, -0.2) is 0 Å². The number of benzene rings is 1.